The summed E-state index contributed by atoms with van der Waals surface area (Å²) >= 11 is 0. The smallest absolute Gasteiger partial charge is 0.119 e. The quantitative estimate of drug-likeness (QED) is 0.667. The van der Waals surface area contributed by atoms with Crippen molar-refractivity contribution >= 4 is 5.57 Å². The molecule has 0 aliphatic heterocycles. The van der Waals surface area contributed by atoms with Crippen molar-refractivity contribution in [2.24, 2.45) is 0 Å². The molecule has 0 heterocycles. The van der Waals surface area contributed by atoms with Gasteiger partial charge in [0.25, 0.3) is 0 Å². The van der Waals surface area contributed by atoms with Crippen LogP contribution in [0.5, 0.6) is 5.75 Å². The molecule has 0 fully saturated rings. The molecule has 1 aliphatic rings. The summed E-state index contributed by atoms with van der Waals surface area (Å²) < 4.78 is 10.3. The molecule has 74 valence electrons. The first kappa shape index (κ1) is 9.13. The second-order valence-corrected chi connectivity index (χ2v) is 3.40. The molecule has 0 spiro atoms. The third kappa shape index (κ3) is 1.48. The molecule has 1 aromatic carbocycles. The van der Waals surface area contributed by atoms with E-state index >= 15 is 0 Å². The minimum atomic E-state index is 0.910. The summed E-state index contributed by atoms with van der Waals surface area (Å²) in [6.45, 7) is 0. The lowest BCUT2D eigenvalue weighted by atomic mass is 10.1. The van der Waals surface area contributed by atoms with E-state index in [1.807, 2.05) is 12.3 Å². The Labute approximate surface area is 84.2 Å². The van der Waals surface area contributed by atoms with Crippen molar-refractivity contribution in [1.82, 2.24) is 0 Å². The first-order chi connectivity index (χ1) is 6.85. The molecule has 2 nitrogen and oxygen atoms in total. The van der Waals surface area contributed by atoms with Gasteiger partial charge in [-0.15, -0.1) is 0 Å². The number of aryl methyl sites for hydroxylation is 1. The van der Waals surface area contributed by atoms with Crippen molar-refractivity contribution in [1.29, 1.82) is 0 Å². The van der Waals surface area contributed by atoms with E-state index in [2.05, 4.69) is 12.1 Å². The highest BCUT2D eigenvalue weighted by atomic mass is 16.5. The standard InChI is InChI=1S/C12H14O2/c1-13-8-10-4-3-9-5-6-11(14-2)7-12(9)10/h5-8H,3-4H2,1-2H3. The molecule has 0 amide bonds. The Morgan fingerprint density at radius 2 is 2.07 bits per heavy atom. The molecule has 1 aromatic rings. The van der Waals surface area contributed by atoms with Crippen LogP contribution in [0.1, 0.15) is 17.5 Å². The number of rotatable bonds is 2. The highest BCUT2D eigenvalue weighted by molar-refractivity contribution is 5.72. The average Bonchev–Trinajstić information content (AvgIpc) is 2.61. The first-order valence-electron chi connectivity index (χ1n) is 4.74. The van der Waals surface area contributed by atoms with Crippen LogP contribution >= 0.6 is 0 Å². The predicted octanol–water partition coefficient (Wildman–Crippen LogP) is 2.63. The molecule has 0 atom stereocenters. The van der Waals surface area contributed by atoms with Crippen LogP contribution in [0, 0.1) is 0 Å². The van der Waals surface area contributed by atoms with Gasteiger partial charge in [0.15, 0.2) is 0 Å². The van der Waals surface area contributed by atoms with E-state index in [-0.39, 0.29) is 0 Å². The fraction of sp³-hybridized carbons (Fsp3) is 0.333. The molecular formula is C12H14O2. The largest absolute Gasteiger partial charge is 0.504 e. The minimum Gasteiger partial charge on any atom is -0.504 e. The summed E-state index contributed by atoms with van der Waals surface area (Å²) in [5.41, 5.74) is 3.92. The Kier molecular flexibility index (Phi) is 2.44. The Morgan fingerprint density at radius 3 is 2.79 bits per heavy atom. The second kappa shape index (κ2) is 3.74. The van der Waals surface area contributed by atoms with Crippen LogP contribution in [-0.4, -0.2) is 14.2 Å². The van der Waals surface area contributed by atoms with Crippen molar-refractivity contribution in [2.45, 2.75) is 12.8 Å². The van der Waals surface area contributed by atoms with Gasteiger partial charge in [0.05, 0.1) is 20.5 Å². The Bertz CT molecular complexity index is 367. The number of methoxy groups -OCH3 is 2. The van der Waals surface area contributed by atoms with Crippen molar-refractivity contribution in [3.8, 4) is 5.75 Å². The van der Waals surface area contributed by atoms with Gasteiger partial charge in [0.2, 0.25) is 0 Å². The van der Waals surface area contributed by atoms with Gasteiger partial charge in [-0.1, -0.05) is 6.07 Å². The molecular weight excluding hydrogens is 176 g/mol. The zero-order chi connectivity index (χ0) is 9.97. The SMILES string of the molecule is COC=C1CCc2ccc(OC)cc21. The van der Waals surface area contributed by atoms with Gasteiger partial charge >= 0.3 is 0 Å². The van der Waals surface area contributed by atoms with Gasteiger partial charge in [-0.3, -0.25) is 0 Å². The molecule has 0 unspecified atom stereocenters. The van der Waals surface area contributed by atoms with E-state index in [9.17, 15) is 0 Å². The van der Waals surface area contributed by atoms with Crippen LogP contribution in [-0.2, 0) is 11.2 Å². The van der Waals surface area contributed by atoms with Crippen molar-refractivity contribution in [3.05, 3.63) is 35.6 Å². The van der Waals surface area contributed by atoms with Gasteiger partial charge in [0.1, 0.15) is 5.75 Å². The molecule has 1 aliphatic carbocycles. The average molecular weight is 190 g/mol. The number of hydrogen-bond donors (Lipinski definition) is 0. The third-order valence-corrected chi connectivity index (χ3v) is 2.59. The molecule has 0 saturated carbocycles. The van der Waals surface area contributed by atoms with Crippen LogP contribution in [0.25, 0.3) is 5.57 Å². The van der Waals surface area contributed by atoms with Crippen molar-refractivity contribution in [2.75, 3.05) is 14.2 Å². The van der Waals surface area contributed by atoms with E-state index in [0.717, 1.165) is 18.6 Å². The lowest BCUT2D eigenvalue weighted by Gasteiger charge is -2.04. The fourth-order valence-corrected chi connectivity index (χ4v) is 1.87. The topological polar surface area (TPSA) is 18.5 Å². The third-order valence-electron chi connectivity index (χ3n) is 2.59. The van der Waals surface area contributed by atoms with Crippen molar-refractivity contribution in [3.63, 3.8) is 0 Å². The van der Waals surface area contributed by atoms with Gasteiger partial charge in [-0.25, -0.2) is 0 Å². The molecule has 0 radical (unpaired) electrons. The number of ether oxygens (including phenoxy) is 2. The van der Waals surface area contributed by atoms with Crippen LogP contribution in [0.2, 0.25) is 0 Å². The van der Waals surface area contributed by atoms with Crippen LogP contribution < -0.4 is 4.74 Å². The second-order valence-electron chi connectivity index (χ2n) is 3.40. The molecule has 0 N–H and O–H groups in total. The number of allylic oxidation sites excluding steroid dienone is 1. The maximum atomic E-state index is 5.20. The highest BCUT2D eigenvalue weighted by Crippen LogP contribution is 2.34. The van der Waals surface area contributed by atoms with E-state index in [0.29, 0.717) is 0 Å². The lowest BCUT2D eigenvalue weighted by Crippen LogP contribution is -1.86. The Hall–Kier alpha value is -1.44. The summed E-state index contributed by atoms with van der Waals surface area (Å²) in [6, 6.07) is 6.21. The summed E-state index contributed by atoms with van der Waals surface area (Å²) in [6.07, 6.45) is 4.00. The summed E-state index contributed by atoms with van der Waals surface area (Å²) in [4.78, 5) is 0. The fourth-order valence-electron chi connectivity index (χ4n) is 1.87. The Morgan fingerprint density at radius 1 is 1.21 bits per heavy atom. The molecule has 0 saturated heterocycles. The number of benzene rings is 1. The van der Waals surface area contributed by atoms with Gasteiger partial charge < -0.3 is 9.47 Å². The maximum absolute atomic E-state index is 5.20. The number of hydrogen-bond acceptors (Lipinski definition) is 2. The zero-order valence-electron chi connectivity index (χ0n) is 8.54. The predicted molar refractivity (Wildman–Crippen MR) is 56.3 cm³/mol. The minimum absolute atomic E-state index is 0.910. The van der Waals surface area contributed by atoms with Gasteiger partial charge in [-0.05, 0) is 41.7 Å². The summed E-state index contributed by atoms with van der Waals surface area (Å²) in [5, 5.41) is 0. The molecule has 0 aromatic heterocycles. The summed E-state index contributed by atoms with van der Waals surface area (Å²) in [5.74, 6) is 0.910. The monoisotopic (exact) mass is 190 g/mol. The van der Waals surface area contributed by atoms with Crippen molar-refractivity contribution < 1.29 is 9.47 Å². The zero-order valence-corrected chi connectivity index (χ0v) is 8.54. The van der Waals surface area contributed by atoms with E-state index in [1.54, 1.807) is 14.2 Å². The van der Waals surface area contributed by atoms with Crippen LogP contribution in [0.15, 0.2) is 24.5 Å². The molecule has 2 heteroatoms. The summed E-state index contributed by atoms with van der Waals surface area (Å²) in [7, 11) is 3.38. The van der Waals surface area contributed by atoms with E-state index < -0.39 is 0 Å². The van der Waals surface area contributed by atoms with E-state index in [4.69, 9.17) is 9.47 Å². The normalized spacial score (nSPS) is 16.9. The molecule has 2 rings (SSSR count). The van der Waals surface area contributed by atoms with E-state index in [1.165, 1.54) is 16.7 Å². The van der Waals surface area contributed by atoms with Gasteiger partial charge in [-0.2, -0.15) is 0 Å². The van der Waals surface area contributed by atoms with Crippen LogP contribution in [0.4, 0.5) is 0 Å². The highest BCUT2D eigenvalue weighted by Gasteiger charge is 2.16. The van der Waals surface area contributed by atoms with Gasteiger partial charge in [0, 0.05) is 0 Å². The maximum Gasteiger partial charge on any atom is 0.119 e. The Balaban J connectivity index is 2.42. The molecule has 14 heavy (non-hydrogen) atoms. The number of fused-ring (bicyclic) bond motifs is 1. The lowest BCUT2D eigenvalue weighted by molar-refractivity contribution is 0.339. The first-order valence-corrected chi connectivity index (χ1v) is 4.74. The molecule has 0 bridgehead atoms. The van der Waals surface area contributed by atoms with Crippen LogP contribution in [0.3, 0.4) is 0 Å².